The molecule has 2 aliphatic rings. The van der Waals surface area contributed by atoms with Gasteiger partial charge in [0.2, 0.25) is 0 Å². The maximum absolute atomic E-state index is 11.2. The van der Waals surface area contributed by atoms with E-state index < -0.39 is 6.10 Å². The molecule has 1 saturated heterocycles. The summed E-state index contributed by atoms with van der Waals surface area (Å²) in [6, 6.07) is 0. The molecule has 14 heavy (non-hydrogen) atoms. The highest BCUT2D eigenvalue weighted by atomic mass is 16.8. The number of hydrogen-bond donors (Lipinski definition) is 1. The molecule has 4 heteroatoms. The van der Waals surface area contributed by atoms with Gasteiger partial charge in [0.15, 0.2) is 0 Å². The van der Waals surface area contributed by atoms with Gasteiger partial charge in [-0.3, -0.25) is 4.79 Å². The van der Waals surface area contributed by atoms with Crippen LogP contribution >= 0.6 is 0 Å². The fraction of sp³-hybridized carbons (Fsp3) is 0.700. The number of aliphatic hydroxyl groups excluding tert-OH is 1. The molecule has 0 radical (unpaired) electrons. The maximum Gasteiger partial charge on any atom is 0.309 e. The van der Waals surface area contributed by atoms with Crippen LogP contribution in [-0.2, 0) is 14.3 Å². The van der Waals surface area contributed by atoms with E-state index in [1.807, 2.05) is 13.0 Å². The standard InChI is InChI=1S/C10H14O4/c1-6-4-9-8(14-9)3-2-7(11)5-10(12)13-6/h2-3,6-9,11H,4-5H2,1H3/b3-2+/t6-,7+,8-,9+/m1/s1/i1+1,2+1,3+1,4+1,5+1,6+1,7+1,8+1,9+1,10+1. The largest absolute Gasteiger partial charge is 0.462 e. The van der Waals surface area contributed by atoms with Gasteiger partial charge in [0.1, 0.15) is 12.2 Å². The van der Waals surface area contributed by atoms with E-state index in [-0.39, 0.29) is 30.7 Å². The zero-order chi connectivity index (χ0) is 10.1. The van der Waals surface area contributed by atoms with Gasteiger partial charge in [-0.2, -0.15) is 0 Å². The van der Waals surface area contributed by atoms with Crippen molar-refractivity contribution in [3.8, 4) is 0 Å². The molecule has 78 valence electrons. The summed E-state index contributed by atoms with van der Waals surface area (Å²) in [5, 5.41) is 9.38. The predicted molar refractivity (Wildman–Crippen MR) is 48.6 cm³/mol. The molecule has 0 aromatic rings. The summed E-state index contributed by atoms with van der Waals surface area (Å²) in [5.74, 6) is -0.353. The van der Waals surface area contributed by atoms with Crippen molar-refractivity contribution in [1.29, 1.82) is 0 Å². The summed E-state index contributed by atoms with van der Waals surface area (Å²) in [6.45, 7) is 1.84. The van der Waals surface area contributed by atoms with Gasteiger partial charge in [-0.15, -0.1) is 0 Å². The first-order chi connectivity index (χ1) is 6.65. The Balaban J connectivity index is 2.02. The van der Waals surface area contributed by atoms with E-state index in [4.69, 9.17) is 9.47 Å². The first-order valence-corrected chi connectivity index (χ1v) is 4.86. The molecule has 4 nitrogen and oxygen atoms in total. The van der Waals surface area contributed by atoms with Gasteiger partial charge in [0.05, 0.1) is 18.6 Å². The van der Waals surface area contributed by atoms with Crippen LogP contribution in [0.3, 0.4) is 0 Å². The number of rotatable bonds is 0. The molecular weight excluding hydrogens is 194 g/mol. The zero-order valence-electron chi connectivity index (χ0n) is 8.05. The van der Waals surface area contributed by atoms with Crippen LogP contribution in [0.2, 0.25) is 0 Å². The lowest BCUT2D eigenvalue weighted by Crippen LogP contribution is -2.21. The van der Waals surface area contributed by atoms with Crippen molar-refractivity contribution >= 4 is 5.97 Å². The second-order valence-corrected chi connectivity index (χ2v) is 3.83. The number of cyclic esters (lactones) is 1. The molecule has 1 fully saturated rings. The minimum atomic E-state index is -0.752. The number of ether oxygens (including phenoxy) is 2. The van der Waals surface area contributed by atoms with Crippen molar-refractivity contribution in [2.45, 2.75) is 44.2 Å². The van der Waals surface area contributed by atoms with Crippen LogP contribution in [0, 0.1) is 0 Å². The maximum atomic E-state index is 11.2. The van der Waals surface area contributed by atoms with Gasteiger partial charge in [-0.25, -0.2) is 0 Å². The Kier molecular flexibility index (Phi) is 2.56. The van der Waals surface area contributed by atoms with Crippen LogP contribution in [-0.4, -0.2) is 35.5 Å². The minimum absolute atomic E-state index is 0.0260. The van der Waals surface area contributed by atoms with Gasteiger partial charge in [0.25, 0.3) is 0 Å². The molecule has 1 N–H and O–H groups in total. The van der Waals surface area contributed by atoms with Crippen LogP contribution in [0.25, 0.3) is 0 Å². The number of epoxide rings is 1. The molecule has 2 heterocycles. The summed E-state index contributed by atoms with van der Waals surface area (Å²) < 4.78 is 10.4. The van der Waals surface area contributed by atoms with E-state index in [1.165, 1.54) is 0 Å². The molecule has 0 aromatic heterocycles. The predicted octanol–water partition coefficient (Wildman–Crippen LogP) is 0.396. The smallest absolute Gasteiger partial charge is 0.309 e. The first-order valence-electron chi connectivity index (χ1n) is 4.86. The third-order valence-electron chi connectivity index (χ3n) is 2.42. The zero-order valence-corrected chi connectivity index (χ0v) is 8.05. The third kappa shape index (κ3) is 2.33. The fourth-order valence-electron chi connectivity index (χ4n) is 1.64. The van der Waals surface area contributed by atoms with E-state index in [0.29, 0.717) is 0 Å². The van der Waals surface area contributed by atoms with E-state index in [9.17, 15) is 9.90 Å². The molecule has 0 aliphatic carbocycles. The number of carbonyl (C=O) groups excluding carboxylic acids is 1. The Morgan fingerprint density at radius 1 is 1.50 bits per heavy atom. The van der Waals surface area contributed by atoms with Gasteiger partial charge >= 0.3 is 5.97 Å². The topological polar surface area (TPSA) is 59.1 Å². The van der Waals surface area contributed by atoms with Crippen molar-refractivity contribution in [3.63, 3.8) is 0 Å². The van der Waals surface area contributed by atoms with Gasteiger partial charge in [-0.1, -0.05) is 12.2 Å². The second-order valence-electron chi connectivity index (χ2n) is 3.83. The molecule has 0 saturated carbocycles. The molecule has 4 atom stereocenters. The molecule has 2 rings (SSSR count). The quantitative estimate of drug-likeness (QED) is 0.271. The van der Waals surface area contributed by atoms with Crippen molar-refractivity contribution in [2.24, 2.45) is 0 Å². The summed E-state index contributed by atoms with van der Waals surface area (Å²) in [4.78, 5) is 11.2. The fourth-order valence-corrected chi connectivity index (χ4v) is 1.64. The van der Waals surface area contributed by atoms with E-state index in [1.54, 1.807) is 6.08 Å². The molecule has 0 unspecified atom stereocenters. The SMILES string of the molecule is [13CH3][13C@@H]1[13CH2][13C@@H]2O[13C@@H]2/[13CH]=[13CH]/[13C@H](O)[13CH2][13C](=O)O1. The molecule has 0 amide bonds. The van der Waals surface area contributed by atoms with Crippen molar-refractivity contribution < 1.29 is 19.4 Å². The molecule has 2 aliphatic heterocycles. The van der Waals surface area contributed by atoms with Crippen LogP contribution in [0.15, 0.2) is 12.2 Å². The highest BCUT2D eigenvalue weighted by molar-refractivity contribution is 5.70. The Labute approximate surface area is 82.5 Å². The number of aliphatic hydroxyl groups is 1. The second kappa shape index (κ2) is 3.71. The molecule has 0 bridgehead atoms. The Bertz CT molecular complexity index is 261. The van der Waals surface area contributed by atoms with E-state index in [2.05, 4.69) is 0 Å². The van der Waals surface area contributed by atoms with Gasteiger partial charge in [0, 0.05) is 6.42 Å². The minimum Gasteiger partial charge on any atom is -0.462 e. The number of hydrogen-bond acceptors (Lipinski definition) is 4. The van der Waals surface area contributed by atoms with Crippen molar-refractivity contribution in [1.82, 2.24) is 0 Å². The normalized spacial score (nSPS) is 44.9. The average molecular weight is 208 g/mol. The van der Waals surface area contributed by atoms with Gasteiger partial charge in [-0.05, 0) is 6.92 Å². The lowest BCUT2D eigenvalue weighted by Gasteiger charge is -2.13. The highest BCUT2D eigenvalue weighted by Crippen LogP contribution is 2.29. The van der Waals surface area contributed by atoms with Crippen molar-refractivity contribution in [3.05, 3.63) is 12.2 Å². The van der Waals surface area contributed by atoms with E-state index in [0.717, 1.165) is 6.42 Å². The van der Waals surface area contributed by atoms with Crippen LogP contribution < -0.4 is 0 Å². The van der Waals surface area contributed by atoms with Crippen LogP contribution in [0.5, 0.6) is 0 Å². The van der Waals surface area contributed by atoms with Gasteiger partial charge < -0.3 is 14.6 Å². The lowest BCUT2D eigenvalue weighted by atomic mass is 11.1. The first kappa shape index (κ1) is 9.68. The monoisotopic (exact) mass is 208 g/mol. The van der Waals surface area contributed by atoms with E-state index >= 15 is 0 Å². The lowest BCUT2D eigenvalue weighted by molar-refractivity contribution is -0.150. The number of carbonyl (C=O) groups is 1. The number of fused-ring (bicyclic) bond motifs is 1. The third-order valence-corrected chi connectivity index (χ3v) is 2.42. The summed E-state index contributed by atoms with van der Waals surface area (Å²) in [7, 11) is 0. The average Bonchev–Trinajstić information content (AvgIpc) is 2.78. The molecular formula is C10H14O4. The Hall–Kier alpha value is -0.870. The molecule has 0 aromatic carbocycles. The molecule has 0 spiro atoms. The van der Waals surface area contributed by atoms with Crippen molar-refractivity contribution in [2.75, 3.05) is 0 Å². The number of esters is 1. The Morgan fingerprint density at radius 3 is 3.07 bits per heavy atom. The van der Waals surface area contributed by atoms with Crippen LogP contribution in [0.4, 0.5) is 0 Å². The summed E-state index contributed by atoms with van der Waals surface area (Å²) in [6.07, 6.45) is 3.55. The Morgan fingerprint density at radius 2 is 2.29 bits per heavy atom. The highest BCUT2D eigenvalue weighted by Gasteiger charge is 2.38. The van der Waals surface area contributed by atoms with Crippen LogP contribution in [0.1, 0.15) is 19.8 Å². The summed E-state index contributed by atoms with van der Waals surface area (Å²) in [5.41, 5.74) is 0. The summed E-state index contributed by atoms with van der Waals surface area (Å²) >= 11 is 0.